The number of nitrogens with zero attached hydrogens (tertiary/aromatic N) is 3. The van der Waals surface area contributed by atoms with Gasteiger partial charge in [0, 0.05) is 12.6 Å². The highest BCUT2D eigenvalue weighted by Gasteiger charge is 2.23. The van der Waals surface area contributed by atoms with E-state index in [0.717, 1.165) is 17.9 Å². The van der Waals surface area contributed by atoms with E-state index in [4.69, 9.17) is 0 Å². The summed E-state index contributed by atoms with van der Waals surface area (Å²) < 4.78 is 1.93. The van der Waals surface area contributed by atoms with Crippen molar-refractivity contribution in [1.29, 1.82) is 0 Å². The molecule has 2 heterocycles. The van der Waals surface area contributed by atoms with Gasteiger partial charge in [-0.1, -0.05) is 50.2 Å². The Bertz CT molecular complexity index is 810. The average molecular weight is 322 g/mol. The number of aryl methyl sites for hydroxylation is 1. The second-order valence-electron chi connectivity index (χ2n) is 6.26. The zero-order valence-electron chi connectivity index (χ0n) is 14.0. The highest BCUT2D eigenvalue weighted by Crippen LogP contribution is 2.21. The van der Waals surface area contributed by atoms with Crippen LogP contribution in [-0.2, 0) is 11.2 Å². The van der Waals surface area contributed by atoms with Crippen LogP contribution in [0.5, 0.6) is 0 Å². The zero-order valence-corrected chi connectivity index (χ0v) is 14.0. The molecule has 0 radical (unpaired) electrons. The molecule has 0 spiro atoms. The second-order valence-corrected chi connectivity index (χ2v) is 6.26. The minimum absolute atomic E-state index is 0.0326. The normalized spacial score (nSPS) is 12.5. The number of rotatable bonds is 6. The molecular formula is C19H22N4O. The first-order valence-corrected chi connectivity index (χ1v) is 8.28. The fourth-order valence-corrected chi connectivity index (χ4v) is 2.75. The molecule has 5 heteroatoms. The van der Waals surface area contributed by atoms with Gasteiger partial charge in [0.25, 0.3) is 0 Å². The number of aromatic nitrogens is 3. The van der Waals surface area contributed by atoms with Crippen LogP contribution in [0.3, 0.4) is 0 Å². The van der Waals surface area contributed by atoms with Gasteiger partial charge in [0.2, 0.25) is 5.91 Å². The lowest BCUT2D eigenvalue weighted by atomic mass is 10.0. The SMILES string of the molecule is CC(C)[C@H](NC(=O)CCc1ccccc1)c1nnc2ccccn12. The van der Waals surface area contributed by atoms with Gasteiger partial charge in [0.05, 0.1) is 6.04 Å². The van der Waals surface area contributed by atoms with Gasteiger partial charge in [-0.05, 0) is 30.0 Å². The summed E-state index contributed by atoms with van der Waals surface area (Å²) in [6, 6.07) is 15.7. The topological polar surface area (TPSA) is 59.3 Å². The molecule has 24 heavy (non-hydrogen) atoms. The Morgan fingerprint density at radius 2 is 1.83 bits per heavy atom. The number of fused-ring (bicyclic) bond motifs is 1. The predicted molar refractivity (Wildman–Crippen MR) is 93.5 cm³/mol. The van der Waals surface area contributed by atoms with Crippen molar-refractivity contribution in [2.24, 2.45) is 5.92 Å². The van der Waals surface area contributed by atoms with Gasteiger partial charge < -0.3 is 5.32 Å². The Morgan fingerprint density at radius 3 is 2.58 bits per heavy atom. The maximum atomic E-state index is 12.4. The van der Waals surface area contributed by atoms with Gasteiger partial charge >= 0.3 is 0 Å². The van der Waals surface area contributed by atoms with Gasteiger partial charge in [-0.15, -0.1) is 10.2 Å². The minimum Gasteiger partial charge on any atom is -0.346 e. The molecule has 0 saturated heterocycles. The lowest BCUT2D eigenvalue weighted by Gasteiger charge is -2.21. The third kappa shape index (κ3) is 3.62. The number of hydrogen-bond donors (Lipinski definition) is 1. The number of pyridine rings is 1. The molecule has 3 aromatic rings. The van der Waals surface area contributed by atoms with E-state index in [-0.39, 0.29) is 17.9 Å². The second kappa shape index (κ2) is 7.25. The van der Waals surface area contributed by atoms with Crippen LogP contribution in [0.2, 0.25) is 0 Å². The average Bonchev–Trinajstić information content (AvgIpc) is 3.02. The number of nitrogens with one attached hydrogen (secondary N) is 1. The number of carbonyl (C=O) groups excluding carboxylic acids is 1. The molecule has 3 rings (SSSR count). The van der Waals surface area contributed by atoms with Gasteiger partial charge in [0.1, 0.15) is 0 Å². The number of carbonyl (C=O) groups is 1. The quantitative estimate of drug-likeness (QED) is 0.758. The molecular weight excluding hydrogens is 300 g/mol. The zero-order chi connectivity index (χ0) is 16.9. The van der Waals surface area contributed by atoms with E-state index in [1.807, 2.05) is 59.1 Å². The van der Waals surface area contributed by atoms with E-state index in [1.54, 1.807) is 0 Å². The third-order valence-corrected chi connectivity index (χ3v) is 4.08. The van der Waals surface area contributed by atoms with Gasteiger partial charge in [-0.2, -0.15) is 0 Å². The van der Waals surface area contributed by atoms with Crippen LogP contribution < -0.4 is 5.32 Å². The van der Waals surface area contributed by atoms with E-state index in [1.165, 1.54) is 5.56 Å². The molecule has 0 aliphatic heterocycles. The molecule has 1 atom stereocenters. The Labute approximate surface area is 141 Å². The molecule has 0 saturated carbocycles. The van der Waals surface area contributed by atoms with E-state index >= 15 is 0 Å². The molecule has 0 bridgehead atoms. The Morgan fingerprint density at radius 1 is 1.08 bits per heavy atom. The maximum absolute atomic E-state index is 12.4. The fourth-order valence-electron chi connectivity index (χ4n) is 2.75. The highest BCUT2D eigenvalue weighted by molar-refractivity contribution is 5.76. The van der Waals surface area contributed by atoms with Crippen molar-refractivity contribution < 1.29 is 4.79 Å². The number of amides is 1. The summed E-state index contributed by atoms with van der Waals surface area (Å²) in [5.41, 5.74) is 1.96. The first-order chi connectivity index (χ1) is 11.6. The largest absolute Gasteiger partial charge is 0.346 e. The summed E-state index contributed by atoms with van der Waals surface area (Å²) in [5.74, 6) is 1.03. The van der Waals surface area contributed by atoms with E-state index in [2.05, 4.69) is 29.4 Å². The van der Waals surface area contributed by atoms with Crippen molar-refractivity contribution in [3.63, 3.8) is 0 Å². The lowest BCUT2D eigenvalue weighted by molar-refractivity contribution is -0.122. The summed E-state index contributed by atoms with van der Waals surface area (Å²) in [4.78, 5) is 12.4. The van der Waals surface area contributed by atoms with Crippen LogP contribution in [0.25, 0.3) is 5.65 Å². The summed E-state index contributed by atoms with van der Waals surface area (Å²) in [6.45, 7) is 4.15. The van der Waals surface area contributed by atoms with Crippen LogP contribution in [0.4, 0.5) is 0 Å². The Hall–Kier alpha value is -2.69. The Balaban J connectivity index is 1.71. The molecule has 0 aliphatic carbocycles. The first kappa shape index (κ1) is 16.2. The lowest BCUT2D eigenvalue weighted by Crippen LogP contribution is -2.33. The minimum atomic E-state index is -0.161. The third-order valence-electron chi connectivity index (χ3n) is 4.08. The molecule has 5 nitrogen and oxygen atoms in total. The van der Waals surface area contributed by atoms with E-state index in [9.17, 15) is 4.79 Å². The van der Waals surface area contributed by atoms with Crippen LogP contribution in [0, 0.1) is 5.92 Å². The van der Waals surface area contributed by atoms with Crippen molar-refractivity contribution in [2.45, 2.75) is 32.7 Å². The summed E-state index contributed by atoms with van der Waals surface area (Å²) in [7, 11) is 0. The number of hydrogen-bond acceptors (Lipinski definition) is 3. The van der Waals surface area contributed by atoms with Crippen LogP contribution in [-0.4, -0.2) is 20.5 Å². The molecule has 1 amide bonds. The molecule has 0 unspecified atom stereocenters. The molecule has 1 aromatic carbocycles. The van der Waals surface area contributed by atoms with Crippen molar-refractivity contribution >= 4 is 11.6 Å². The molecule has 0 fully saturated rings. The van der Waals surface area contributed by atoms with Crippen molar-refractivity contribution in [3.05, 3.63) is 66.1 Å². The molecule has 124 valence electrons. The van der Waals surface area contributed by atoms with Gasteiger partial charge in [-0.25, -0.2) is 0 Å². The van der Waals surface area contributed by atoms with Gasteiger partial charge in [0.15, 0.2) is 11.5 Å². The molecule has 2 aromatic heterocycles. The van der Waals surface area contributed by atoms with Crippen molar-refractivity contribution in [2.75, 3.05) is 0 Å². The Kier molecular flexibility index (Phi) is 4.89. The maximum Gasteiger partial charge on any atom is 0.220 e. The van der Waals surface area contributed by atoms with E-state index in [0.29, 0.717) is 6.42 Å². The fraction of sp³-hybridized carbons (Fsp3) is 0.316. The summed E-state index contributed by atoms with van der Waals surface area (Å²) in [5, 5.41) is 11.6. The predicted octanol–water partition coefficient (Wildman–Crippen LogP) is 3.18. The van der Waals surface area contributed by atoms with Crippen LogP contribution in [0.15, 0.2) is 54.7 Å². The van der Waals surface area contributed by atoms with Crippen molar-refractivity contribution in [3.8, 4) is 0 Å². The smallest absolute Gasteiger partial charge is 0.220 e. The monoisotopic (exact) mass is 322 g/mol. The van der Waals surface area contributed by atoms with Crippen LogP contribution in [0.1, 0.15) is 37.7 Å². The van der Waals surface area contributed by atoms with Crippen molar-refractivity contribution in [1.82, 2.24) is 19.9 Å². The summed E-state index contributed by atoms with van der Waals surface area (Å²) >= 11 is 0. The summed E-state index contributed by atoms with van der Waals surface area (Å²) in [6.07, 6.45) is 3.12. The van der Waals surface area contributed by atoms with Gasteiger partial charge in [-0.3, -0.25) is 9.20 Å². The standard InChI is InChI=1S/C19H22N4O/c1-14(2)18(19-22-21-16-10-6-7-13-23(16)19)20-17(24)12-11-15-8-4-3-5-9-15/h3-10,13-14,18H,11-12H2,1-2H3,(H,20,24)/t18-/m0/s1. The number of benzene rings is 1. The first-order valence-electron chi connectivity index (χ1n) is 8.28. The van der Waals surface area contributed by atoms with Crippen LogP contribution >= 0.6 is 0 Å². The van der Waals surface area contributed by atoms with E-state index < -0.39 is 0 Å². The molecule has 0 aliphatic rings. The highest BCUT2D eigenvalue weighted by atomic mass is 16.1. The molecule has 1 N–H and O–H groups in total.